The van der Waals surface area contributed by atoms with Crippen molar-refractivity contribution in [3.63, 3.8) is 0 Å². The third kappa shape index (κ3) is 1.46. The zero-order valence-corrected chi connectivity index (χ0v) is 8.11. The summed E-state index contributed by atoms with van der Waals surface area (Å²) in [5.41, 5.74) is 5.73. The number of nitrogens with zero attached hydrogens (tertiary/aromatic N) is 2. The van der Waals surface area contributed by atoms with Crippen molar-refractivity contribution in [1.29, 1.82) is 0 Å². The Morgan fingerprint density at radius 1 is 1.55 bits per heavy atom. The van der Waals surface area contributed by atoms with Crippen molar-refractivity contribution in [3.05, 3.63) is 0 Å². The van der Waals surface area contributed by atoms with Crippen LogP contribution in [-0.2, 0) is 0 Å². The minimum Gasteiger partial charge on any atom is -0.352 e. The molecule has 1 unspecified atom stereocenters. The summed E-state index contributed by atoms with van der Waals surface area (Å²) in [5, 5.41) is 0.834. The van der Waals surface area contributed by atoms with Crippen molar-refractivity contribution >= 4 is 17.3 Å². The fourth-order valence-corrected chi connectivity index (χ4v) is 1.43. The molecule has 0 spiro atoms. The average Bonchev–Trinajstić information content (AvgIpc) is 1.95. The molecule has 1 heterocycles. The van der Waals surface area contributed by atoms with E-state index in [0.717, 1.165) is 18.1 Å². The van der Waals surface area contributed by atoms with Crippen LogP contribution in [0.15, 0.2) is 0 Å². The Bertz CT molecular complexity index is 179. The van der Waals surface area contributed by atoms with Gasteiger partial charge < -0.3 is 15.5 Å². The summed E-state index contributed by atoms with van der Waals surface area (Å²) in [6.45, 7) is 2.96. The molecular formula is C7H15N3S. The Kier molecular flexibility index (Phi) is 2.07. The van der Waals surface area contributed by atoms with Gasteiger partial charge in [-0.15, -0.1) is 0 Å². The molecule has 1 atom stereocenters. The molecule has 0 bridgehead atoms. The third-order valence-corrected chi connectivity index (χ3v) is 2.92. The van der Waals surface area contributed by atoms with Gasteiger partial charge in [-0.25, -0.2) is 0 Å². The Morgan fingerprint density at radius 2 is 2.09 bits per heavy atom. The van der Waals surface area contributed by atoms with Crippen molar-refractivity contribution in [2.75, 3.05) is 20.6 Å². The van der Waals surface area contributed by atoms with E-state index in [1.807, 2.05) is 30.8 Å². The molecule has 1 fully saturated rings. The lowest BCUT2D eigenvalue weighted by Crippen LogP contribution is -2.62. The molecule has 0 aromatic heterocycles. The van der Waals surface area contributed by atoms with Crippen molar-refractivity contribution in [3.8, 4) is 0 Å². The van der Waals surface area contributed by atoms with Crippen LogP contribution in [0.4, 0.5) is 0 Å². The van der Waals surface area contributed by atoms with Crippen molar-refractivity contribution < 1.29 is 0 Å². The minimum absolute atomic E-state index is 0.260. The highest BCUT2D eigenvalue weighted by molar-refractivity contribution is 7.80. The predicted octanol–water partition coefficient (Wildman–Crippen LogP) is 0.214. The monoisotopic (exact) mass is 173 g/mol. The second-order valence-electron chi connectivity index (χ2n) is 3.37. The molecule has 11 heavy (non-hydrogen) atoms. The summed E-state index contributed by atoms with van der Waals surface area (Å²) in [5.74, 6) is 0. The van der Waals surface area contributed by atoms with E-state index in [1.54, 1.807) is 0 Å². The van der Waals surface area contributed by atoms with Gasteiger partial charge in [0.2, 0.25) is 0 Å². The van der Waals surface area contributed by atoms with E-state index in [4.69, 9.17) is 18.0 Å². The van der Waals surface area contributed by atoms with Crippen LogP contribution < -0.4 is 5.73 Å². The molecule has 0 aromatic carbocycles. The molecule has 0 aromatic rings. The smallest absolute Gasteiger partial charge is 0.172 e. The lowest BCUT2D eigenvalue weighted by molar-refractivity contribution is 0.155. The second-order valence-corrected chi connectivity index (χ2v) is 3.74. The first-order chi connectivity index (χ1) is 4.95. The minimum atomic E-state index is -0.260. The Morgan fingerprint density at radius 3 is 2.55 bits per heavy atom. The Balaban J connectivity index is 2.75. The SMILES string of the molecule is CN1CCC(C)(N)N(C)C1=S. The molecule has 1 rings (SSSR count). The molecule has 4 heteroatoms. The van der Waals surface area contributed by atoms with Crippen molar-refractivity contribution in [2.45, 2.75) is 19.0 Å². The summed E-state index contributed by atoms with van der Waals surface area (Å²) in [4.78, 5) is 4.00. The first-order valence-corrected chi connectivity index (χ1v) is 4.14. The lowest BCUT2D eigenvalue weighted by atomic mass is 10.1. The first kappa shape index (κ1) is 8.74. The largest absolute Gasteiger partial charge is 0.352 e. The van der Waals surface area contributed by atoms with E-state index in [2.05, 4.69) is 0 Å². The molecular weight excluding hydrogens is 158 g/mol. The van der Waals surface area contributed by atoms with Crippen LogP contribution in [0, 0.1) is 0 Å². The number of rotatable bonds is 0. The summed E-state index contributed by atoms with van der Waals surface area (Å²) >= 11 is 5.17. The molecule has 2 N–H and O–H groups in total. The van der Waals surface area contributed by atoms with Gasteiger partial charge in [0.25, 0.3) is 0 Å². The van der Waals surface area contributed by atoms with E-state index in [0.29, 0.717) is 0 Å². The molecule has 0 radical (unpaired) electrons. The van der Waals surface area contributed by atoms with Gasteiger partial charge in [0.1, 0.15) is 0 Å². The van der Waals surface area contributed by atoms with Gasteiger partial charge in [0.15, 0.2) is 5.11 Å². The molecule has 1 aliphatic heterocycles. The quantitative estimate of drug-likeness (QED) is 0.531. The van der Waals surface area contributed by atoms with Gasteiger partial charge in [-0.2, -0.15) is 0 Å². The van der Waals surface area contributed by atoms with Crippen LogP contribution in [0.5, 0.6) is 0 Å². The fraction of sp³-hybridized carbons (Fsp3) is 0.857. The average molecular weight is 173 g/mol. The van der Waals surface area contributed by atoms with E-state index in [9.17, 15) is 0 Å². The molecule has 1 aliphatic rings. The maximum absolute atomic E-state index is 5.99. The number of hydrogen-bond donors (Lipinski definition) is 1. The summed E-state index contributed by atoms with van der Waals surface area (Å²) in [6.07, 6.45) is 0.958. The van der Waals surface area contributed by atoms with Gasteiger partial charge >= 0.3 is 0 Å². The van der Waals surface area contributed by atoms with Crippen LogP contribution in [0.2, 0.25) is 0 Å². The van der Waals surface area contributed by atoms with E-state index >= 15 is 0 Å². The highest BCUT2D eigenvalue weighted by Crippen LogP contribution is 2.18. The van der Waals surface area contributed by atoms with Crippen LogP contribution in [0.25, 0.3) is 0 Å². The van der Waals surface area contributed by atoms with Gasteiger partial charge in [-0.05, 0) is 19.1 Å². The molecule has 0 aliphatic carbocycles. The van der Waals surface area contributed by atoms with E-state index < -0.39 is 0 Å². The maximum atomic E-state index is 5.99. The Hall–Kier alpha value is -0.350. The van der Waals surface area contributed by atoms with E-state index in [1.165, 1.54) is 0 Å². The molecule has 0 saturated carbocycles. The lowest BCUT2D eigenvalue weighted by Gasteiger charge is -2.45. The maximum Gasteiger partial charge on any atom is 0.172 e. The van der Waals surface area contributed by atoms with E-state index in [-0.39, 0.29) is 5.66 Å². The van der Waals surface area contributed by atoms with Gasteiger partial charge in [0.05, 0.1) is 5.66 Å². The van der Waals surface area contributed by atoms with Crippen LogP contribution >= 0.6 is 12.2 Å². The highest BCUT2D eigenvalue weighted by Gasteiger charge is 2.32. The molecule has 64 valence electrons. The zero-order valence-electron chi connectivity index (χ0n) is 7.29. The number of nitrogens with two attached hydrogens (primary N) is 1. The number of hydrogen-bond acceptors (Lipinski definition) is 2. The summed E-state index contributed by atoms with van der Waals surface area (Å²) in [6, 6.07) is 0. The van der Waals surface area contributed by atoms with Gasteiger partial charge in [-0.1, -0.05) is 0 Å². The molecule has 0 amide bonds. The summed E-state index contributed by atoms with van der Waals surface area (Å²) < 4.78 is 0. The zero-order chi connectivity index (χ0) is 8.65. The predicted molar refractivity (Wildman–Crippen MR) is 50.2 cm³/mol. The fourth-order valence-electron chi connectivity index (χ4n) is 1.13. The highest BCUT2D eigenvalue weighted by atomic mass is 32.1. The van der Waals surface area contributed by atoms with Crippen LogP contribution in [0.3, 0.4) is 0 Å². The standard InChI is InChI=1S/C7H15N3S/c1-7(8)4-5-9(2)6(11)10(7)3/h4-5,8H2,1-3H3. The van der Waals surface area contributed by atoms with Crippen molar-refractivity contribution in [1.82, 2.24) is 9.80 Å². The second kappa shape index (κ2) is 2.60. The third-order valence-electron chi connectivity index (χ3n) is 2.33. The van der Waals surface area contributed by atoms with Crippen molar-refractivity contribution in [2.24, 2.45) is 5.73 Å². The first-order valence-electron chi connectivity index (χ1n) is 3.73. The normalized spacial score (nSPS) is 32.9. The van der Waals surface area contributed by atoms with Crippen LogP contribution in [0.1, 0.15) is 13.3 Å². The van der Waals surface area contributed by atoms with Gasteiger partial charge in [-0.3, -0.25) is 0 Å². The molecule has 3 nitrogen and oxygen atoms in total. The number of thiocarbonyl (C=S) groups is 1. The van der Waals surface area contributed by atoms with Gasteiger partial charge in [0, 0.05) is 27.1 Å². The topological polar surface area (TPSA) is 32.5 Å². The Labute approximate surface area is 73.1 Å². The molecule has 1 saturated heterocycles. The van der Waals surface area contributed by atoms with Crippen LogP contribution in [-0.4, -0.2) is 41.2 Å². The summed E-state index contributed by atoms with van der Waals surface area (Å²) in [7, 11) is 3.94.